The molecule has 0 aromatic heterocycles. The van der Waals surface area contributed by atoms with Crippen molar-refractivity contribution in [3.8, 4) is 0 Å². The van der Waals surface area contributed by atoms with Gasteiger partial charge in [0.05, 0.1) is 12.2 Å². The van der Waals surface area contributed by atoms with Crippen LogP contribution in [0.5, 0.6) is 0 Å². The van der Waals surface area contributed by atoms with Gasteiger partial charge >= 0.3 is 0 Å². The van der Waals surface area contributed by atoms with E-state index in [2.05, 4.69) is 68.4 Å². The van der Waals surface area contributed by atoms with Crippen LogP contribution in [0.1, 0.15) is 32.8 Å². The summed E-state index contributed by atoms with van der Waals surface area (Å²) in [5.41, 5.74) is 1.35. The minimum Gasteiger partial charge on any atom is -0.375 e. The lowest BCUT2D eigenvalue weighted by Crippen LogP contribution is -2.28. The predicted molar refractivity (Wildman–Crippen MR) is 86.0 cm³/mol. The van der Waals surface area contributed by atoms with Crippen LogP contribution in [-0.4, -0.2) is 43.8 Å². The zero-order valence-electron chi connectivity index (χ0n) is 13.5. The van der Waals surface area contributed by atoms with Gasteiger partial charge in [0, 0.05) is 13.1 Å². The van der Waals surface area contributed by atoms with E-state index in [1.54, 1.807) is 0 Å². The van der Waals surface area contributed by atoms with Gasteiger partial charge in [0.1, 0.15) is 0 Å². The number of nitrogens with one attached hydrogen (secondary N) is 1. The second-order valence-corrected chi connectivity index (χ2v) is 6.29. The summed E-state index contributed by atoms with van der Waals surface area (Å²) in [6.45, 7) is 11.2. The minimum atomic E-state index is -0.0302. The molecule has 0 radical (unpaired) electrons. The molecule has 0 saturated heterocycles. The van der Waals surface area contributed by atoms with Gasteiger partial charge in [0.15, 0.2) is 0 Å². The van der Waals surface area contributed by atoms with Crippen molar-refractivity contribution < 1.29 is 4.74 Å². The van der Waals surface area contributed by atoms with Gasteiger partial charge < -0.3 is 15.0 Å². The monoisotopic (exact) mass is 278 g/mol. The fourth-order valence-electron chi connectivity index (χ4n) is 2.00. The second kappa shape index (κ2) is 9.11. The molecule has 0 aliphatic heterocycles. The molecule has 0 fully saturated rings. The van der Waals surface area contributed by atoms with Crippen molar-refractivity contribution in [1.82, 2.24) is 10.2 Å². The molecule has 20 heavy (non-hydrogen) atoms. The normalized spacial score (nSPS) is 12.1. The van der Waals surface area contributed by atoms with Gasteiger partial charge in [-0.15, -0.1) is 0 Å². The fourth-order valence-corrected chi connectivity index (χ4v) is 2.00. The first kappa shape index (κ1) is 17.2. The Labute approximate surface area is 124 Å². The molecule has 1 N–H and O–H groups in total. The van der Waals surface area contributed by atoms with Crippen molar-refractivity contribution in [3.63, 3.8) is 0 Å². The highest BCUT2D eigenvalue weighted by Crippen LogP contribution is 2.05. The molecule has 0 heterocycles. The van der Waals surface area contributed by atoms with E-state index in [0.29, 0.717) is 0 Å². The number of hydrogen-bond donors (Lipinski definition) is 1. The predicted octanol–water partition coefficient (Wildman–Crippen LogP) is 2.91. The third-order valence-electron chi connectivity index (χ3n) is 3.00. The highest BCUT2D eigenvalue weighted by atomic mass is 16.5. The van der Waals surface area contributed by atoms with Crippen molar-refractivity contribution in [3.05, 3.63) is 35.9 Å². The Balaban J connectivity index is 1.98. The molecular formula is C17H30N2O. The highest BCUT2D eigenvalue weighted by molar-refractivity contribution is 5.14. The Morgan fingerprint density at radius 2 is 1.80 bits per heavy atom. The first-order valence-electron chi connectivity index (χ1n) is 7.54. The van der Waals surface area contributed by atoms with Gasteiger partial charge in [-0.1, -0.05) is 30.3 Å². The molecule has 1 aromatic carbocycles. The first-order valence-corrected chi connectivity index (χ1v) is 7.54. The summed E-state index contributed by atoms with van der Waals surface area (Å²) in [5, 5.41) is 3.43. The number of nitrogens with zero attached hydrogens (tertiary/aromatic N) is 1. The Morgan fingerprint density at radius 1 is 1.10 bits per heavy atom. The molecule has 0 saturated carbocycles. The van der Waals surface area contributed by atoms with Crippen LogP contribution in [0.25, 0.3) is 0 Å². The first-order chi connectivity index (χ1) is 9.47. The van der Waals surface area contributed by atoms with Gasteiger partial charge in [-0.3, -0.25) is 0 Å². The van der Waals surface area contributed by atoms with E-state index >= 15 is 0 Å². The quantitative estimate of drug-likeness (QED) is 0.703. The number of ether oxygens (including phenoxy) is 1. The summed E-state index contributed by atoms with van der Waals surface area (Å²) in [6.07, 6.45) is 1.17. The van der Waals surface area contributed by atoms with Crippen LogP contribution in [0.15, 0.2) is 30.3 Å². The Hall–Kier alpha value is -0.900. The molecule has 3 nitrogen and oxygen atoms in total. The largest absolute Gasteiger partial charge is 0.375 e. The van der Waals surface area contributed by atoms with Gasteiger partial charge in [-0.05, 0) is 52.9 Å². The van der Waals surface area contributed by atoms with Crippen LogP contribution in [0, 0.1) is 0 Å². The van der Waals surface area contributed by atoms with Crippen LogP contribution in [0.4, 0.5) is 0 Å². The maximum atomic E-state index is 5.66. The van der Waals surface area contributed by atoms with Crippen molar-refractivity contribution in [2.75, 3.05) is 33.3 Å². The molecular weight excluding hydrogens is 248 g/mol. The van der Waals surface area contributed by atoms with Crippen LogP contribution >= 0.6 is 0 Å². The number of hydrogen-bond acceptors (Lipinski definition) is 3. The van der Waals surface area contributed by atoms with Gasteiger partial charge in [-0.2, -0.15) is 0 Å². The van der Waals surface area contributed by atoms with Gasteiger partial charge in [-0.25, -0.2) is 0 Å². The Kier molecular flexibility index (Phi) is 7.82. The van der Waals surface area contributed by atoms with E-state index in [9.17, 15) is 0 Å². The molecule has 114 valence electrons. The van der Waals surface area contributed by atoms with Crippen molar-refractivity contribution in [2.45, 2.75) is 39.3 Å². The zero-order chi connectivity index (χ0) is 14.8. The highest BCUT2D eigenvalue weighted by Gasteiger charge is 2.08. The molecule has 0 aliphatic rings. The van der Waals surface area contributed by atoms with E-state index in [1.165, 1.54) is 12.0 Å². The van der Waals surface area contributed by atoms with E-state index < -0.39 is 0 Å². The van der Waals surface area contributed by atoms with Crippen molar-refractivity contribution in [1.29, 1.82) is 0 Å². The zero-order valence-corrected chi connectivity index (χ0v) is 13.5. The SMILES string of the molecule is CN(CCCNCCOC(C)(C)C)Cc1ccccc1. The molecule has 1 rings (SSSR count). The molecule has 0 unspecified atom stereocenters. The van der Waals surface area contributed by atoms with Gasteiger partial charge in [0.2, 0.25) is 0 Å². The maximum Gasteiger partial charge on any atom is 0.0599 e. The summed E-state index contributed by atoms with van der Waals surface area (Å²) < 4.78 is 5.66. The van der Waals surface area contributed by atoms with Crippen molar-refractivity contribution in [2.24, 2.45) is 0 Å². The minimum absolute atomic E-state index is 0.0302. The van der Waals surface area contributed by atoms with Crippen LogP contribution in [0.3, 0.4) is 0 Å². The van der Waals surface area contributed by atoms with E-state index in [1.807, 2.05) is 0 Å². The van der Waals surface area contributed by atoms with E-state index in [4.69, 9.17) is 4.74 Å². The third-order valence-corrected chi connectivity index (χ3v) is 3.00. The van der Waals surface area contributed by atoms with E-state index in [-0.39, 0.29) is 5.60 Å². The van der Waals surface area contributed by atoms with E-state index in [0.717, 1.165) is 32.8 Å². The third kappa shape index (κ3) is 9.08. The Morgan fingerprint density at radius 3 is 2.45 bits per heavy atom. The molecule has 0 amide bonds. The summed E-state index contributed by atoms with van der Waals surface area (Å²) >= 11 is 0. The average molecular weight is 278 g/mol. The lowest BCUT2D eigenvalue weighted by atomic mass is 10.2. The number of benzene rings is 1. The second-order valence-electron chi connectivity index (χ2n) is 6.29. The molecule has 1 aromatic rings. The lowest BCUT2D eigenvalue weighted by molar-refractivity contribution is -0.000780. The molecule has 0 atom stereocenters. The van der Waals surface area contributed by atoms with Crippen molar-refractivity contribution >= 4 is 0 Å². The molecule has 0 spiro atoms. The maximum absolute atomic E-state index is 5.66. The number of rotatable bonds is 9. The summed E-state index contributed by atoms with van der Waals surface area (Å²) in [7, 11) is 2.18. The Bertz CT molecular complexity index is 346. The fraction of sp³-hybridized carbons (Fsp3) is 0.647. The summed E-state index contributed by atoms with van der Waals surface area (Å²) in [5.74, 6) is 0. The lowest BCUT2D eigenvalue weighted by Gasteiger charge is -2.20. The summed E-state index contributed by atoms with van der Waals surface area (Å²) in [6, 6.07) is 10.6. The standard InChI is InChI=1S/C17H30N2O/c1-17(2,3)20-14-12-18-11-8-13-19(4)15-16-9-6-5-7-10-16/h5-7,9-10,18H,8,11-15H2,1-4H3. The van der Waals surface area contributed by atoms with Gasteiger partial charge in [0.25, 0.3) is 0 Å². The van der Waals surface area contributed by atoms with Crippen LogP contribution < -0.4 is 5.32 Å². The van der Waals surface area contributed by atoms with Crippen LogP contribution in [-0.2, 0) is 11.3 Å². The smallest absolute Gasteiger partial charge is 0.0599 e. The average Bonchev–Trinajstić information content (AvgIpc) is 2.37. The topological polar surface area (TPSA) is 24.5 Å². The molecule has 3 heteroatoms. The molecule has 0 aliphatic carbocycles. The summed E-state index contributed by atoms with van der Waals surface area (Å²) in [4.78, 5) is 2.36. The molecule has 0 bridgehead atoms. The van der Waals surface area contributed by atoms with Crippen LogP contribution in [0.2, 0.25) is 0 Å².